The molecule has 0 amide bonds. The minimum atomic E-state index is -3.36. The lowest BCUT2D eigenvalue weighted by atomic mass is 9.95. The maximum Gasteiger partial charge on any atom is 0.281 e. The molecule has 1 aromatic carbocycles. The van der Waals surface area contributed by atoms with Crippen molar-refractivity contribution >= 4 is 10.2 Å². The summed E-state index contributed by atoms with van der Waals surface area (Å²) in [6.45, 7) is 1.09. The number of pyridine rings is 1. The fourth-order valence-corrected chi connectivity index (χ4v) is 4.44. The fraction of sp³-hybridized carbons (Fsp3) is 0.421. The average molecular weight is 359 g/mol. The van der Waals surface area contributed by atoms with Crippen LogP contribution in [0.15, 0.2) is 48.5 Å². The smallest absolute Gasteiger partial charge is 0.257 e. The third-order valence-corrected chi connectivity index (χ3v) is 6.55. The summed E-state index contributed by atoms with van der Waals surface area (Å²) < 4.78 is 27.7. The Kier molecular flexibility index (Phi) is 5.51. The molecule has 2 heterocycles. The van der Waals surface area contributed by atoms with E-state index in [1.807, 2.05) is 36.4 Å². The highest BCUT2D eigenvalue weighted by Gasteiger charge is 2.31. The molecule has 0 saturated carbocycles. The van der Waals surface area contributed by atoms with Crippen LogP contribution in [-0.4, -0.2) is 49.2 Å². The van der Waals surface area contributed by atoms with Crippen molar-refractivity contribution in [1.82, 2.24) is 13.6 Å². The number of hydrogen-bond donors (Lipinski definition) is 0. The summed E-state index contributed by atoms with van der Waals surface area (Å²) >= 11 is 0. The SMILES string of the molecule is CN(C)S(=O)(=O)N1CCC[C@@H](c2cccc(Cc3ccccc3)n2)C1. The Labute approximate surface area is 150 Å². The molecule has 2 aromatic rings. The zero-order valence-electron chi connectivity index (χ0n) is 14.8. The van der Waals surface area contributed by atoms with E-state index in [0.717, 1.165) is 30.7 Å². The van der Waals surface area contributed by atoms with Crippen LogP contribution < -0.4 is 0 Å². The van der Waals surface area contributed by atoms with E-state index in [4.69, 9.17) is 4.98 Å². The number of aromatic nitrogens is 1. The quantitative estimate of drug-likeness (QED) is 0.825. The van der Waals surface area contributed by atoms with Crippen molar-refractivity contribution in [2.45, 2.75) is 25.2 Å². The van der Waals surface area contributed by atoms with Crippen molar-refractivity contribution < 1.29 is 8.42 Å². The van der Waals surface area contributed by atoms with Crippen LogP contribution in [-0.2, 0) is 16.6 Å². The first kappa shape index (κ1) is 18.0. The molecule has 5 nitrogen and oxygen atoms in total. The van der Waals surface area contributed by atoms with Gasteiger partial charge >= 0.3 is 0 Å². The number of nitrogens with zero attached hydrogens (tertiary/aromatic N) is 3. The molecule has 6 heteroatoms. The van der Waals surface area contributed by atoms with Crippen LogP contribution in [0.5, 0.6) is 0 Å². The maximum absolute atomic E-state index is 12.4. The van der Waals surface area contributed by atoms with Crippen molar-refractivity contribution in [3.8, 4) is 0 Å². The van der Waals surface area contributed by atoms with E-state index in [2.05, 4.69) is 12.1 Å². The summed E-state index contributed by atoms with van der Waals surface area (Å²) in [5, 5.41) is 0. The summed E-state index contributed by atoms with van der Waals surface area (Å²) in [7, 11) is -0.199. The number of rotatable bonds is 5. The van der Waals surface area contributed by atoms with Gasteiger partial charge in [0, 0.05) is 50.9 Å². The average Bonchev–Trinajstić information content (AvgIpc) is 2.63. The summed E-state index contributed by atoms with van der Waals surface area (Å²) in [6.07, 6.45) is 2.63. The molecule has 1 aliphatic rings. The first-order valence-corrected chi connectivity index (χ1v) is 10.0. The highest BCUT2D eigenvalue weighted by atomic mass is 32.2. The summed E-state index contributed by atoms with van der Waals surface area (Å²) in [5.74, 6) is 0.152. The Morgan fingerprint density at radius 2 is 1.88 bits per heavy atom. The molecule has 1 atom stereocenters. The van der Waals surface area contributed by atoms with Gasteiger partial charge in [-0.2, -0.15) is 17.0 Å². The van der Waals surface area contributed by atoms with E-state index in [1.165, 1.54) is 9.87 Å². The van der Waals surface area contributed by atoms with Crippen LogP contribution in [0.2, 0.25) is 0 Å². The Morgan fingerprint density at radius 1 is 1.12 bits per heavy atom. The Balaban J connectivity index is 1.76. The van der Waals surface area contributed by atoms with Crippen LogP contribution in [0.4, 0.5) is 0 Å². The van der Waals surface area contributed by atoms with E-state index in [0.29, 0.717) is 13.1 Å². The zero-order chi connectivity index (χ0) is 17.9. The first-order chi connectivity index (χ1) is 12.0. The minimum Gasteiger partial charge on any atom is -0.257 e. The summed E-state index contributed by atoms with van der Waals surface area (Å²) in [4.78, 5) is 4.82. The lowest BCUT2D eigenvalue weighted by Crippen LogP contribution is -2.45. The highest BCUT2D eigenvalue weighted by Crippen LogP contribution is 2.28. The van der Waals surface area contributed by atoms with Gasteiger partial charge in [-0.25, -0.2) is 0 Å². The van der Waals surface area contributed by atoms with Crippen molar-refractivity contribution in [1.29, 1.82) is 0 Å². The number of hydrogen-bond acceptors (Lipinski definition) is 3. The normalized spacial score (nSPS) is 19.2. The summed E-state index contributed by atoms with van der Waals surface area (Å²) in [6, 6.07) is 16.4. The molecule has 0 spiro atoms. The van der Waals surface area contributed by atoms with Gasteiger partial charge in [-0.05, 0) is 30.5 Å². The van der Waals surface area contributed by atoms with Gasteiger partial charge in [-0.15, -0.1) is 0 Å². The van der Waals surface area contributed by atoms with Crippen LogP contribution >= 0.6 is 0 Å². The Hall–Kier alpha value is -1.76. The molecular weight excluding hydrogens is 334 g/mol. The largest absolute Gasteiger partial charge is 0.281 e. The van der Waals surface area contributed by atoms with E-state index in [9.17, 15) is 8.42 Å². The molecule has 0 unspecified atom stereocenters. The van der Waals surface area contributed by atoms with Crippen molar-refractivity contribution in [3.63, 3.8) is 0 Å². The van der Waals surface area contributed by atoms with Crippen molar-refractivity contribution in [3.05, 3.63) is 65.5 Å². The number of piperidine rings is 1. The molecule has 1 saturated heterocycles. The molecule has 1 fully saturated rings. The van der Waals surface area contributed by atoms with E-state index < -0.39 is 10.2 Å². The standard InChI is InChI=1S/C19H25N3O2S/c1-21(2)25(23,24)22-13-7-10-17(15-22)19-12-6-11-18(20-19)14-16-8-4-3-5-9-16/h3-6,8-9,11-12,17H,7,10,13-15H2,1-2H3/t17-/m1/s1. The summed E-state index contributed by atoms with van der Waals surface area (Å²) in [5.41, 5.74) is 3.25. The van der Waals surface area contributed by atoms with Crippen molar-refractivity contribution in [2.75, 3.05) is 27.2 Å². The van der Waals surface area contributed by atoms with Gasteiger partial charge in [0.15, 0.2) is 0 Å². The third kappa shape index (κ3) is 4.26. The second-order valence-electron chi connectivity index (χ2n) is 6.70. The zero-order valence-corrected chi connectivity index (χ0v) is 15.6. The van der Waals surface area contributed by atoms with Gasteiger partial charge < -0.3 is 0 Å². The number of benzene rings is 1. The second kappa shape index (κ2) is 7.64. The predicted octanol–water partition coefficient (Wildman–Crippen LogP) is 2.66. The van der Waals surface area contributed by atoms with Crippen LogP contribution in [0, 0.1) is 0 Å². The lowest BCUT2D eigenvalue weighted by Gasteiger charge is -2.33. The van der Waals surface area contributed by atoms with Gasteiger partial charge in [-0.3, -0.25) is 4.98 Å². The lowest BCUT2D eigenvalue weighted by molar-refractivity contribution is 0.296. The monoisotopic (exact) mass is 359 g/mol. The molecule has 134 valence electrons. The van der Waals surface area contributed by atoms with Crippen molar-refractivity contribution in [2.24, 2.45) is 0 Å². The first-order valence-electron chi connectivity index (χ1n) is 8.64. The van der Waals surface area contributed by atoms with Gasteiger partial charge in [0.2, 0.25) is 0 Å². The Bertz CT molecular complexity index is 806. The van der Waals surface area contributed by atoms with Gasteiger partial charge in [0.25, 0.3) is 10.2 Å². The van der Waals surface area contributed by atoms with E-state index in [-0.39, 0.29) is 5.92 Å². The fourth-order valence-electron chi connectivity index (χ4n) is 3.25. The molecule has 1 aromatic heterocycles. The van der Waals surface area contributed by atoms with E-state index >= 15 is 0 Å². The molecular formula is C19H25N3O2S. The van der Waals surface area contributed by atoms with Crippen LogP contribution in [0.25, 0.3) is 0 Å². The molecule has 25 heavy (non-hydrogen) atoms. The molecule has 1 aliphatic heterocycles. The minimum absolute atomic E-state index is 0.152. The van der Waals surface area contributed by atoms with Gasteiger partial charge in [0.05, 0.1) is 0 Å². The molecule has 0 radical (unpaired) electrons. The van der Waals surface area contributed by atoms with Gasteiger partial charge in [0.1, 0.15) is 0 Å². The maximum atomic E-state index is 12.4. The topological polar surface area (TPSA) is 53.5 Å². The van der Waals surface area contributed by atoms with E-state index in [1.54, 1.807) is 18.4 Å². The molecule has 0 bridgehead atoms. The molecule has 0 aliphatic carbocycles. The van der Waals surface area contributed by atoms with Crippen LogP contribution in [0.3, 0.4) is 0 Å². The molecule has 0 N–H and O–H groups in total. The highest BCUT2D eigenvalue weighted by molar-refractivity contribution is 7.86. The van der Waals surface area contributed by atoms with Crippen LogP contribution in [0.1, 0.15) is 35.7 Å². The predicted molar refractivity (Wildman–Crippen MR) is 99.6 cm³/mol. The third-order valence-electron chi connectivity index (χ3n) is 4.65. The Morgan fingerprint density at radius 3 is 2.60 bits per heavy atom. The van der Waals surface area contributed by atoms with Gasteiger partial charge in [-0.1, -0.05) is 36.4 Å². The second-order valence-corrected chi connectivity index (χ2v) is 8.85. The molecule has 3 rings (SSSR count).